The number of thiophene rings is 1. The van der Waals surface area contributed by atoms with E-state index in [1.165, 1.54) is 108 Å². The normalized spacial score (nSPS) is 12.3. The number of furan rings is 1. The van der Waals surface area contributed by atoms with Crippen LogP contribution in [0.4, 0.5) is 0 Å². The standard InChI is InChI=1S/C42H25N3O.C40H25N3S.C37H27N3/c1-2-10-26(11-3-1)29-20-21-34-37(25-29)45(36-23-22-32-31-14-7-9-17-38(31)46-41(32)39(34)36)42-43-35-16-8-6-15-33(35)40(44-42)30-19-18-27-12-4-5-13-28(27)24-30;1-2-8-26(9-3-1)27-14-16-28(17-15-27)29-18-20-30(21-19-29)34-24-25-41-40(42-34)43-35-12-6-4-11-33(35)38-36(43)23-22-32-31-10-5-7-13-37(31)44-39(32)38;1-37(2)31-14-8-6-12-27(31)29-22-30-28-13-7-9-15-34(28)40(35(30)23-32(29)37)36-38-21-20-33(39-36)26-18-16-25(17-19-26)24-10-4-3-5-11-24/h1-25H;1-25H;3-23H,1-2H3. The molecule has 0 saturated heterocycles. The molecule has 10 nitrogen and oxygen atoms in total. The van der Waals surface area contributed by atoms with Gasteiger partial charge in [-0.05, 0) is 162 Å². The molecule has 8 aromatic heterocycles. The van der Waals surface area contributed by atoms with Crippen molar-refractivity contribution < 1.29 is 4.42 Å². The molecule has 130 heavy (non-hydrogen) atoms. The van der Waals surface area contributed by atoms with E-state index in [2.05, 4.69) is 404 Å². The van der Waals surface area contributed by atoms with Gasteiger partial charge in [0.15, 0.2) is 0 Å². The van der Waals surface area contributed by atoms with Crippen molar-refractivity contribution >= 4 is 141 Å². The maximum Gasteiger partial charge on any atom is 0.235 e. The molecule has 1 aliphatic carbocycles. The second kappa shape index (κ2) is 30.8. The Kier molecular flexibility index (Phi) is 17.9. The first-order chi connectivity index (χ1) is 64.2. The van der Waals surface area contributed by atoms with Gasteiger partial charge in [-0.3, -0.25) is 13.7 Å². The van der Waals surface area contributed by atoms with Crippen LogP contribution in [0.15, 0.2) is 435 Å². The number of nitrogens with zero attached hydrogens (tertiary/aromatic N) is 9. The van der Waals surface area contributed by atoms with Gasteiger partial charge in [0.05, 0.1) is 61.1 Å². The molecule has 0 aliphatic heterocycles. The van der Waals surface area contributed by atoms with Crippen LogP contribution in [0.2, 0.25) is 0 Å². The van der Waals surface area contributed by atoms with E-state index in [0.29, 0.717) is 17.8 Å². The average molecular weight is 1680 g/mol. The number of rotatable bonds is 10. The SMILES string of the molecule is CC1(C)c2ccccc2-c2cc3c4ccccc4n(-c4nccc(-c5ccc(-c6ccccc6)cc5)n4)c3cc21.c1ccc(-c2ccc(-c3ccc(-c4ccnc(-n5c6ccccc6c6c7sc8ccccc8c7ccc65)n4)cc3)cc2)cc1.c1ccc(-c2ccc3c4c5oc6ccccc6c5ccc4n(-c4nc(-c5ccc6ccccc6c5)c5ccccc5n4)c3c2)cc1. The van der Waals surface area contributed by atoms with Crippen molar-refractivity contribution in [1.29, 1.82) is 0 Å². The minimum Gasteiger partial charge on any atom is -0.455 e. The molecule has 0 radical (unpaired) electrons. The smallest absolute Gasteiger partial charge is 0.235 e. The van der Waals surface area contributed by atoms with E-state index in [1.807, 2.05) is 66.2 Å². The maximum atomic E-state index is 6.59. The zero-order valence-corrected chi connectivity index (χ0v) is 71.6. The van der Waals surface area contributed by atoms with Crippen LogP contribution in [0.5, 0.6) is 0 Å². The summed E-state index contributed by atoms with van der Waals surface area (Å²) in [6, 6.07) is 148. The molecular formula is C119H77N9OS. The highest BCUT2D eigenvalue weighted by atomic mass is 32.1. The zero-order chi connectivity index (χ0) is 86.1. The van der Waals surface area contributed by atoms with Gasteiger partial charge in [0.25, 0.3) is 0 Å². The highest BCUT2D eigenvalue weighted by Crippen LogP contribution is 2.52. The van der Waals surface area contributed by atoms with Crippen LogP contribution in [0, 0.1) is 0 Å². The molecule has 1 aliphatic rings. The molecule has 0 spiro atoms. The van der Waals surface area contributed by atoms with Gasteiger partial charge in [-0.2, -0.15) is 0 Å². The Morgan fingerprint density at radius 2 is 0.731 bits per heavy atom. The molecule has 27 rings (SSSR count). The van der Waals surface area contributed by atoms with Crippen molar-refractivity contribution in [2.75, 3.05) is 0 Å². The first-order valence-electron chi connectivity index (χ1n) is 44.0. The van der Waals surface area contributed by atoms with Crippen molar-refractivity contribution in [1.82, 2.24) is 43.6 Å². The van der Waals surface area contributed by atoms with Crippen molar-refractivity contribution in [3.63, 3.8) is 0 Å². The maximum absolute atomic E-state index is 6.59. The second-order valence-corrected chi connectivity index (χ2v) is 35.0. The van der Waals surface area contributed by atoms with Gasteiger partial charge in [0.2, 0.25) is 17.8 Å². The fourth-order valence-electron chi connectivity index (χ4n) is 19.9. The van der Waals surface area contributed by atoms with Crippen LogP contribution in [0.25, 0.3) is 236 Å². The van der Waals surface area contributed by atoms with Crippen molar-refractivity contribution in [2.24, 2.45) is 0 Å². The Labute approximate surface area is 751 Å². The molecule has 0 saturated carbocycles. The summed E-state index contributed by atoms with van der Waals surface area (Å²) >= 11 is 1.86. The average Bonchev–Trinajstić information content (AvgIpc) is 1.56. The molecule has 18 aromatic carbocycles. The van der Waals surface area contributed by atoms with Crippen molar-refractivity contribution in [3.05, 3.63) is 442 Å². The Morgan fingerprint density at radius 3 is 1.40 bits per heavy atom. The zero-order valence-electron chi connectivity index (χ0n) is 70.8. The van der Waals surface area contributed by atoms with E-state index in [9.17, 15) is 0 Å². The summed E-state index contributed by atoms with van der Waals surface area (Å²) in [7, 11) is 0. The number of hydrogen-bond acceptors (Lipinski definition) is 8. The lowest BCUT2D eigenvalue weighted by Gasteiger charge is -2.21. The Bertz CT molecular complexity index is 9000. The molecule has 610 valence electrons. The monoisotopic (exact) mass is 1680 g/mol. The van der Waals surface area contributed by atoms with Gasteiger partial charge in [-0.1, -0.05) is 347 Å². The quantitative estimate of drug-likeness (QED) is 0.134. The summed E-state index contributed by atoms with van der Waals surface area (Å²) in [5.41, 5.74) is 29.9. The molecule has 8 heterocycles. The van der Waals surface area contributed by atoms with E-state index in [1.54, 1.807) is 0 Å². The number of benzene rings is 18. The third-order valence-corrected chi connectivity index (χ3v) is 27.4. The highest BCUT2D eigenvalue weighted by molar-refractivity contribution is 7.26. The van der Waals surface area contributed by atoms with E-state index in [-0.39, 0.29) is 5.41 Å². The van der Waals surface area contributed by atoms with Gasteiger partial charge in [-0.15, -0.1) is 11.3 Å². The molecule has 26 aromatic rings. The third-order valence-electron chi connectivity index (χ3n) is 26.2. The van der Waals surface area contributed by atoms with Crippen LogP contribution in [0.1, 0.15) is 25.0 Å². The molecule has 11 heteroatoms. The van der Waals surface area contributed by atoms with Gasteiger partial charge >= 0.3 is 0 Å². The van der Waals surface area contributed by atoms with Crippen LogP contribution in [-0.4, -0.2) is 43.6 Å². The van der Waals surface area contributed by atoms with Crippen LogP contribution < -0.4 is 0 Å². The number of hydrogen-bond donors (Lipinski definition) is 0. The van der Waals surface area contributed by atoms with Gasteiger partial charge in [-0.25, -0.2) is 29.9 Å². The topological polar surface area (TPSA) is 105 Å². The largest absolute Gasteiger partial charge is 0.455 e. The minimum atomic E-state index is -0.0788. The number of para-hydroxylation sites is 4. The molecular weight excluding hydrogens is 1600 g/mol. The Balaban J connectivity index is 0.000000106. The third kappa shape index (κ3) is 12.7. The summed E-state index contributed by atoms with van der Waals surface area (Å²) in [5.74, 6) is 1.99. The molecule has 0 N–H and O–H groups in total. The summed E-state index contributed by atoms with van der Waals surface area (Å²) in [4.78, 5) is 30.4. The molecule has 0 amide bonds. The van der Waals surface area contributed by atoms with Crippen LogP contribution >= 0.6 is 11.3 Å². The summed E-state index contributed by atoms with van der Waals surface area (Å²) < 4.78 is 15.8. The lowest BCUT2D eigenvalue weighted by molar-refractivity contribution is 0.661. The predicted octanol–water partition coefficient (Wildman–Crippen LogP) is 31.3. The van der Waals surface area contributed by atoms with Crippen LogP contribution in [-0.2, 0) is 5.41 Å². The molecule has 0 fully saturated rings. The van der Waals surface area contributed by atoms with E-state index in [0.717, 1.165) is 122 Å². The van der Waals surface area contributed by atoms with Crippen molar-refractivity contribution in [3.8, 4) is 107 Å². The fraction of sp³-hybridized carbons (Fsp3) is 0.0252. The van der Waals surface area contributed by atoms with Gasteiger partial charge < -0.3 is 4.42 Å². The minimum absolute atomic E-state index is 0.0788. The number of aromatic nitrogens is 9. The second-order valence-electron chi connectivity index (χ2n) is 34.0. The summed E-state index contributed by atoms with van der Waals surface area (Å²) in [6.45, 7) is 4.65. The fourth-order valence-corrected chi connectivity index (χ4v) is 21.1. The lowest BCUT2D eigenvalue weighted by atomic mass is 9.82. The molecule has 0 bridgehead atoms. The molecule has 0 unspecified atom stereocenters. The van der Waals surface area contributed by atoms with E-state index >= 15 is 0 Å². The first-order valence-corrected chi connectivity index (χ1v) is 44.8. The predicted molar refractivity (Wildman–Crippen MR) is 540 cm³/mol. The summed E-state index contributed by atoms with van der Waals surface area (Å²) in [5, 5.41) is 15.3. The van der Waals surface area contributed by atoms with Gasteiger partial charge in [0.1, 0.15) is 11.2 Å². The van der Waals surface area contributed by atoms with E-state index in [4.69, 9.17) is 34.3 Å². The number of fused-ring (bicyclic) bond motifs is 22. The summed E-state index contributed by atoms with van der Waals surface area (Å²) in [6.07, 6.45) is 3.74. The Morgan fingerprint density at radius 1 is 0.262 bits per heavy atom. The van der Waals surface area contributed by atoms with Crippen LogP contribution in [0.3, 0.4) is 0 Å². The first kappa shape index (κ1) is 75.7. The lowest BCUT2D eigenvalue weighted by Crippen LogP contribution is -2.15. The molecule has 0 atom stereocenters. The van der Waals surface area contributed by atoms with E-state index < -0.39 is 0 Å². The van der Waals surface area contributed by atoms with Gasteiger partial charge in [0, 0.05) is 97.8 Å². The Hall–Kier alpha value is -16.9. The highest BCUT2D eigenvalue weighted by Gasteiger charge is 2.37. The van der Waals surface area contributed by atoms with Crippen molar-refractivity contribution in [2.45, 2.75) is 19.3 Å².